The number of hydrogen-bond donors (Lipinski definition) is 0. The van der Waals surface area contributed by atoms with E-state index >= 15 is 0 Å². The number of rotatable bonds is 1. The summed E-state index contributed by atoms with van der Waals surface area (Å²) in [4.78, 5) is 2.53. The topological polar surface area (TPSA) is 6.25 Å². The summed E-state index contributed by atoms with van der Waals surface area (Å²) >= 11 is 0. The molecule has 0 fully saturated rings. The zero-order valence-electron chi connectivity index (χ0n) is 19.9. The maximum Gasteiger partial charge on any atom is 0.235 e. The molecule has 8 rings (SSSR count). The normalized spacial score (nSPS) is 19.5. The van der Waals surface area contributed by atoms with Crippen molar-refractivity contribution in [1.82, 2.24) is 4.58 Å². The van der Waals surface area contributed by atoms with Crippen molar-refractivity contribution >= 4 is 34.0 Å². The molecule has 4 aromatic rings. The van der Waals surface area contributed by atoms with Gasteiger partial charge >= 0.3 is 0 Å². The van der Waals surface area contributed by atoms with Gasteiger partial charge in [0.15, 0.2) is 0 Å². The van der Waals surface area contributed by atoms with E-state index in [4.69, 9.17) is 0 Å². The van der Waals surface area contributed by atoms with Gasteiger partial charge in [-0.2, -0.15) is 4.58 Å². The smallest absolute Gasteiger partial charge is 0.235 e. The summed E-state index contributed by atoms with van der Waals surface area (Å²) in [5.74, 6) is 0. The molecule has 0 bridgehead atoms. The monoisotopic (exact) mass is 449 g/mol. The number of para-hydroxylation sites is 3. The number of hydrogen-bond acceptors (Lipinski definition) is 1. The first-order chi connectivity index (χ1) is 17.1. The maximum atomic E-state index is 2.53. The van der Waals surface area contributed by atoms with Crippen LogP contribution in [0.15, 0.2) is 109 Å². The van der Waals surface area contributed by atoms with Crippen molar-refractivity contribution in [3.05, 3.63) is 126 Å². The second kappa shape index (κ2) is 6.49. The molecule has 2 heterocycles. The fourth-order valence-corrected chi connectivity index (χ4v) is 6.76. The molecule has 0 radical (unpaired) electrons. The van der Waals surface area contributed by atoms with E-state index in [9.17, 15) is 0 Å². The number of nitrogens with zero attached hydrogens (tertiary/aromatic N) is 2. The molecule has 0 spiro atoms. The Morgan fingerprint density at radius 2 is 1.43 bits per heavy atom. The molecule has 4 aliphatic rings. The predicted molar refractivity (Wildman–Crippen MR) is 146 cm³/mol. The lowest BCUT2D eigenvalue weighted by atomic mass is 9.82. The third-order valence-corrected chi connectivity index (χ3v) is 8.32. The molecule has 4 aromatic carbocycles. The first kappa shape index (κ1) is 19.2. The minimum Gasteiger partial charge on any atom is -0.318 e. The van der Waals surface area contributed by atoms with Gasteiger partial charge in [-0.05, 0) is 40.0 Å². The molecule has 2 aliphatic carbocycles. The Labute approximate surface area is 205 Å². The first-order valence-electron chi connectivity index (χ1n) is 12.4. The minimum atomic E-state index is 0.0158. The van der Waals surface area contributed by atoms with Gasteiger partial charge in [0.2, 0.25) is 17.1 Å². The molecule has 2 heteroatoms. The Hall–Kier alpha value is -4.17. The minimum absolute atomic E-state index is 0.0158. The highest BCUT2D eigenvalue weighted by atomic mass is 15.3. The van der Waals surface area contributed by atoms with Crippen molar-refractivity contribution in [2.24, 2.45) is 0 Å². The van der Waals surface area contributed by atoms with E-state index in [0.29, 0.717) is 0 Å². The van der Waals surface area contributed by atoms with Crippen LogP contribution in [-0.2, 0) is 5.41 Å². The summed E-state index contributed by atoms with van der Waals surface area (Å²) in [6.45, 7) is 4.69. The summed E-state index contributed by atoms with van der Waals surface area (Å²) in [6.07, 6.45) is 6.81. The standard InChI is InChI=1S/C33H25N2/c1-33(2)26-13-5-3-10-22(26)25-20-21(18-19-27(25)33)34-29-15-7-8-16-30(29)35-28-14-6-4-11-23(28)24-12-9-17-31(34)32(24)35/h3-20,32H,1-2H3/q+1. The average molecular weight is 450 g/mol. The molecule has 0 saturated heterocycles. The lowest BCUT2D eigenvalue weighted by Gasteiger charge is -2.32. The van der Waals surface area contributed by atoms with Crippen LogP contribution in [0.1, 0.15) is 30.5 Å². The van der Waals surface area contributed by atoms with Gasteiger partial charge in [0.25, 0.3) is 0 Å². The zero-order valence-corrected chi connectivity index (χ0v) is 19.9. The fraction of sp³-hybridized carbons (Fsp3) is 0.121. The lowest BCUT2D eigenvalue weighted by Crippen LogP contribution is -2.43. The van der Waals surface area contributed by atoms with Crippen LogP contribution >= 0.6 is 0 Å². The molecule has 35 heavy (non-hydrogen) atoms. The van der Waals surface area contributed by atoms with Gasteiger partial charge in [-0.25, -0.2) is 0 Å². The summed E-state index contributed by atoms with van der Waals surface area (Å²) < 4.78 is 2.49. The Morgan fingerprint density at radius 1 is 0.714 bits per heavy atom. The van der Waals surface area contributed by atoms with Gasteiger partial charge < -0.3 is 4.90 Å². The van der Waals surface area contributed by atoms with Gasteiger partial charge in [-0.3, -0.25) is 0 Å². The van der Waals surface area contributed by atoms with Crippen LogP contribution in [-0.4, -0.2) is 11.8 Å². The van der Waals surface area contributed by atoms with E-state index in [1.54, 1.807) is 0 Å². The first-order valence-corrected chi connectivity index (χ1v) is 12.4. The fourth-order valence-electron chi connectivity index (χ4n) is 6.76. The Balaban J connectivity index is 1.41. The third kappa shape index (κ3) is 2.32. The van der Waals surface area contributed by atoms with Gasteiger partial charge in [-0.1, -0.05) is 86.7 Å². The molecule has 0 N–H and O–H groups in total. The van der Waals surface area contributed by atoms with E-state index in [2.05, 4.69) is 133 Å². The van der Waals surface area contributed by atoms with Crippen LogP contribution in [0.4, 0.5) is 22.7 Å². The number of allylic oxidation sites excluding steroid dienone is 2. The van der Waals surface area contributed by atoms with Gasteiger partial charge in [-0.15, -0.1) is 0 Å². The van der Waals surface area contributed by atoms with E-state index < -0.39 is 0 Å². The van der Waals surface area contributed by atoms with Crippen LogP contribution in [0.2, 0.25) is 0 Å². The highest BCUT2D eigenvalue weighted by Gasteiger charge is 2.48. The molecule has 166 valence electrons. The quantitative estimate of drug-likeness (QED) is 0.269. The summed E-state index contributed by atoms with van der Waals surface area (Å²) in [7, 11) is 0. The molecular weight excluding hydrogens is 424 g/mol. The summed E-state index contributed by atoms with van der Waals surface area (Å²) in [6, 6.07) is 33.8. The van der Waals surface area contributed by atoms with Crippen molar-refractivity contribution in [3.8, 4) is 11.1 Å². The Kier molecular flexibility index (Phi) is 3.55. The highest BCUT2D eigenvalue weighted by molar-refractivity contribution is 6.21. The lowest BCUT2D eigenvalue weighted by molar-refractivity contribution is 0.660. The molecule has 0 saturated carbocycles. The molecule has 2 nitrogen and oxygen atoms in total. The van der Waals surface area contributed by atoms with E-state index in [0.717, 1.165) is 0 Å². The highest BCUT2D eigenvalue weighted by Crippen LogP contribution is 2.53. The van der Waals surface area contributed by atoms with E-state index in [1.165, 1.54) is 61.9 Å². The second-order valence-corrected chi connectivity index (χ2v) is 10.4. The van der Waals surface area contributed by atoms with Gasteiger partial charge in [0.1, 0.15) is 11.7 Å². The third-order valence-electron chi connectivity index (χ3n) is 8.32. The predicted octanol–water partition coefficient (Wildman–Crippen LogP) is 7.76. The van der Waals surface area contributed by atoms with Gasteiger partial charge in [0.05, 0.1) is 5.69 Å². The van der Waals surface area contributed by atoms with Crippen LogP contribution < -0.4 is 9.48 Å². The van der Waals surface area contributed by atoms with Gasteiger partial charge in [0, 0.05) is 35.3 Å². The summed E-state index contributed by atoms with van der Waals surface area (Å²) in [5, 5.41) is 0. The van der Waals surface area contributed by atoms with Crippen LogP contribution in [0.25, 0.3) is 16.7 Å². The van der Waals surface area contributed by atoms with Crippen molar-refractivity contribution in [2.45, 2.75) is 25.3 Å². The number of fused-ring (bicyclic) bond motifs is 8. The Bertz CT molecular complexity index is 1680. The van der Waals surface area contributed by atoms with E-state index in [1.807, 2.05) is 0 Å². The van der Waals surface area contributed by atoms with Crippen LogP contribution in [0.3, 0.4) is 0 Å². The second-order valence-electron chi connectivity index (χ2n) is 10.4. The van der Waals surface area contributed by atoms with Crippen molar-refractivity contribution in [2.75, 3.05) is 4.90 Å². The molecule has 1 atom stereocenters. The van der Waals surface area contributed by atoms with Crippen molar-refractivity contribution < 1.29 is 0 Å². The molecular formula is C33H25N2+. The Morgan fingerprint density at radius 3 is 2.31 bits per heavy atom. The zero-order chi connectivity index (χ0) is 23.3. The largest absolute Gasteiger partial charge is 0.318 e. The maximum absolute atomic E-state index is 2.53. The number of anilines is 2. The van der Waals surface area contributed by atoms with Crippen LogP contribution in [0, 0.1) is 0 Å². The van der Waals surface area contributed by atoms with Crippen LogP contribution in [0.5, 0.6) is 0 Å². The molecule has 0 amide bonds. The summed E-state index contributed by atoms with van der Waals surface area (Å²) in [5.41, 5.74) is 14.6. The molecule has 1 unspecified atom stereocenters. The number of benzene rings is 4. The van der Waals surface area contributed by atoms with E-state index in [-0.39, 0.29) is 11.5 Å². The molecule has 2 aliphatic heterocycles. The SMILES string of the molecule is CC1(C)c2ccccc2-c2cc([N+]3=C4C=CC=C5c6ccccc6N(c6ccccc63)C54)ccc21. The van der Waals surface area contributed by atoms with Crippen molar-refractivity contribution in [3.63, 3.8) is 0 Å². The molecule has 0 aromatic heterocycles. The average Bonchev–Trinajstić information content (AvgIpc) is 3.35. The van der Waals surface area contributed by atoms with Crippen molar-refractivity contribution in [1.29, 1.82) is 0 Å².